The van der Waals surface area contributed by atoms with Crippen LogP contribution in [0.4, 0.5) is 5.13 Å². The molecule has 0 spiro atoms. The summed E-state index contributed by atoms with van der Waals surface area (Å²) in [5.41, 5.74) is 0.659. The lowest BCUT2D eigenvalue weighted by molar-refractivity contribution is 0.820. The van der Waals surface area contributed by atoms with E-state index in [1.54, 1.807) is 0 Å². The van der Waals surface area contributed by atoms with Gasteiger partial charge in [0.05, 0.1) is 12.5 Å². The van der Waals surface area contributed by atoms with Crippen LogP contribution in [0, 0.1) is 11.3 Å². The molecule has 2 rings (SSSR count). The highest BCUT2D eigenvalue weighted by atomic mass is 32.1. The summed E-state index contributed by atoms with van der Waals surface area (Å²) in [7, 11) is 1.85. The predicted octanol–water partition coefficient (Wildman–Crippen LogP) is 1.45. The van der Waals surface area contributed by atoms with E-state index in [0.29, 0.717) is 23.1 Å². The Balaban J connectivity index is 2.37. The van der Waals surface area contributed by atoms with Crippen molar-refractivity contribution in [2.75, 3.05) is 18.5 Å². The second-order valence-electron chi connectivity index (χ2n) is 4.24. The van der Waals surface area contributed by atoms with E-state index in [2.05, 4.69) is 23.1 Å². The van der Waals surface area contributed by atoms with Crippen LogP contribution in [-0.4, -0.2) is 28.2 Å². The molecule has 19 heavy (non-hydrogen) atoms. The van der Waals surface area contributed by atoms with Crippen molar-refractivity contribution in [2.24, 2.45) is 0 Å². The standard InChI is InChI=1S/C12H15N5OS/c1-3-5-9-8-10(18)17-11(14-9)19-12(15-17)16(2)7-4-6-13/h8H,3-5,7H2,1-2H3. The third-order valence-electron chi connectivity index (χ3n) is 2.68. The van der Waals surface area contributed by atoms with Crippen LogP contribution in [0.5, 0.6) is 0 Å². The van der Waals surface area contributed by atoms with Gasteiger partial charge in [0, 0.05) is 25.4 Å². The summed E-state index contributed by atoms with van der Waals surface area (Å²) in [6, 6.07) is 3.63. The third kappa shape index (κ3) is 2.90. The average molecular weight is 277 g/mol. The Hall–Kier alpha value is -1.94. The van der Waals surface area contributed by atoms with Gasteiger partial charge < -0.3 is 4.90 Å². The monoisotopic (exact) mass is 277 g/mol. The summed E-state index contributed by atoms with van der Waals surface area (Å²) in [5, 5.41) is 13.5. The van der Waals surface area contributed by atoms with E-state index in [-0.39, 0.29) is 5.56 Å². The third-order valence-corrected chi connectivity index (χ3v) is 3.70. The zero-order chi connectivity index (χ0) is 13.8. The number of hydrogen-bond acceptors (Lipinski definition) is 6. The summed E-state index contributed by atoms with van der Waals surface area (Å²) in [4.78, 5) is 18.8. The first-order chi connectivity index (χ1) is 9.15. The Morgan fingerprint density at radius 3 is 3.05 bits per heavy atom. The van der Waals surface area contributed by atoms with Crippen LogP contribution in [-0.2, 0) is 6.42 Å². The van der Waals surface area contributed by atoms with Crippen LogP contribution in [0.1, 0.15) is 25.5 Å². The van der Waals surface area contributed by atoms with Crippen LogP contribution in [0.25, 0.3) is 4.96 Å². The molecule has 0 N–H and O–H groups in total. The van der Waals surface area contributed by atoms with Gasteiger partial charge in [0.25, 0.3) is 5.56 Å². The van der Waals surface area contributed by atoms with Gasteiger partial charge in [-0.05, 0) is 6.42 Å². The molecule has 2 aromatic heterocycles. The Labute approximate surface area is 114 Å². The Kier molecular flexibility index (Phi) is 4.12. The van der Waals surface area contributed by atoms with Crippen LogP contribution >= 0.6 is 11.3 Å². The van der Waals surface area contributed by atoms with Crippen molar-refractivity contribution < 1.29 is 0 Å². The van der Waals surface area contributed by atoms with Crippen molar-refractivity contribution >= 4 is 21.4 Å². The molecule has 7 heteroatoms. The lowest BCUT2D eigenvalue weighted by Crippen LogP contribution is -2.19. The van der Waals surface area contributed by atoms with E-state index in [0.717, 1.165) is 18.5 Å². The van der Waals surface area contributed by atoms with Gasteiger partial charge in [0.1, 0.15) is 0 Å². The smallest absolute Gasteiger partial charge is 0.275 e. The summed E-state index contributed by atoms with van der Waals surface area (Å²) in [5.74, 6) is 0. The van der Waals surface area contributed by atoms with E-state index < -0.39 is 0 Å². The molecule has 0 aliphatic carbocycles. The number of aryl methyl sites for hydroxylation is 1. The maximum absolute atomic E-state index is 11.9. The van der Waals surface area contributed by atoms with Gasteiger partial charge in [-0.2, -0.15) is 9.78 Å². The molecule has 2 aromatic rings. The maximum Gasteiger partial charge on any atom is 0.275 e. The van der Waals surface area contributed by atoms with E-state index >= 15 is 0 Å². The fourth-order valence-electron chi connectivity index (χ4n) is 1.70. The first-order valence-electron chi connectivity index (χ1n) is 6.13. The summed E-state index contributed by atoms with van der Waals surface area (Å²) in [6.07, 6.45) is 2.18. The van der Waals surface area contributed by atoms with Crippen molar-refractivity contribution in [1.82, 2.24) is 14.6 Å². The maximum atomic E-state index is 11.9. The minimum Gasteiger partial charge on any atom is -0.349 e. The number of aromatic nitrogens is 3. The van der Waals surface area contributed by atoms with Crippen molar-refractivity contribution in [3.63, 3.8) is 0 Å². The van der Waals surface area contributed by atoms with Crippen LogP contribution in [0.2, 0.25) is 0 Å². The van der Waals surface area contributed by atoms with Crippen LogP contribution < -0.4 is 10.5 Å². The number of nitriles is 1. The van der Waals surface area contributed by atoms with Crippen molar-refractivity contribution in [2.45, 2.75) is 26.2 Å². The zero-order valence-corrected chi connectivity index (χ0v) is 11.8. The van der Waals surface area contributed by atoms with Gasteiger partial charge in [-0.3, -0.25) is 4.79 Å². The number of rotatable bonds is 5. The Bertz CT molecular complexity index is 669. The van der Waals surface area contributed by atoms with Crippen molar-refractivity contribution in [3.8, 4) is 6.07 Å². The van der Waals surface area contributed by atoms with E-state index in [1.165, 1.54) is 21.9 Å². The molecular weight excluding hydrogens is 262 g/mol. The van der Waals surface area contributed by atoms with Gasteiger partial charge in [-0.15, -0.1) is 5.10 Å². The fourth-order valence-corrected chi connectivity index (χ4v) is 2.61. The Morgan fingerprint density at radius 1 is 1.58 bits per heavy atom. The van der Waals surface area contributed by atoms with Gasteiger partial charge in [-0.1, -0.05) is 24.7 Å². The highest BCUT2D eigenvalue weighted by molar-refractivity contribution is 7.20. The van der Waals surface area contributed by atoms with E-state index in [4.69, 9.17) is 5.26 Å². The molecule has 0 saturated heterocycles. The van der Waals surface area contributed by atoms with Gasteiger partial charge in [0.15, 0.2) is 0 Å². The van der Waals surface area contributed by atoms with Crippen molar-refractivity contribution in [1.29, 1.82) is 5.26 Å². The summed E-state index contributed by atoms with van der Waals surface area (Å²) >= 11 is 1.37. The molecule has 0 aliphatic heterocycles. The van der Waals surface area contributed by atoms with Crippen LogP contribution in [0.15, 0.2) is 10.9 Å². The first-order valence-corrected chi connectivity index (χ1v) is 6.95. The van der Waals surface area contributed by atoms with Gasteiger partial charge >= 0.3 is 0 Å². The minimum atomic E-state index is -0.148. The van der Waals surface area contributed by atoms with Gasteiger partial charge in [-0.25, -0.2) is 4.98 Å². The Morgan fingerprint density at radius 2 is 2.37 bits per heavy atom. The fraction of sp³-hybridized carbons (Fsp3) is 0.500. The lowest BCUT2D eigenvalue weighted by Gasteiger charge is -2.11. The number of anilines is 1. The molecule has 2 heterocycles. The van der Waals surface area contributed by atoms with E-state index in [1.807, 2.05) is 11.9 Å². The molecular formula is C12H15N5OS. The normalized spacial score (nSPS) is 10.6. The molecule has 6 nitrogen and oxygen atoms in total. The largest absolute Gasteiger partial charge is 0.349 e. The highest BCUT2D eigenvalue weighted by Crippen LogP contribution is 2.20. The predicted molar refractivity (Wildman–Crippen MR) is 74.6 cm³/mol. The molecule has 0 unspecified atom stereocenters. The highest BCUT2D eigenvalue weighted by Gasteiger charge is 2.11. The molecule has 0 fully saturated rings. The number of nitrogens with zero attached hydrogens (tertiary/aromatic N) is 5. The summed E-state index contributed by atoms with van der Waals surface area (Å²) in [6.45, 7) is 2.64. The quantitative estimate of drug-likeness (QED) is 0.827. The molecule has 0 amide bonds. The molecule has 0 aliphatic rings. The minimum absolute atomic E-state index is 0.148. The molecule has 0 saturated carbocycles. The average Bonchev–Trinajstić information content (AvgIpc) is 2.81. The SMILES string of the molecule is CCCc1cc(=O)n2nc(N(C)CCC#N)sc2n1. The molecule has 0 radical (unpaired) electrons. The molecule has 100 valence electrons. The second kappa shape index (κ2) is 5.80. The topological polar surface area (TPSA) is 74.3 Å². The molecule has 0 aromatic carbocycles. The van der Waals surface area contributed by atoms with Crippen molar-refractivity contribution in [3.05, 3.63) is 22.1 Å². The summed E-state index contributed by atoms with van der Waals surface area (Å²) < 4.78 is 1.32. The second-order valence-corrected chi connectivity index (χ2v) is 5.18. The molecule has 0 atom stereocenters. The number of fused-ring (bicyclic) bond motifs is 1. The zero-order valence-electron chi connectivity index (χ0n) is 11.0. The lowest BCUT2D eigenvalue weighted by atomic mass is 10.2. The van der Waals surface area contributed by atoms with Gasteiger partial charge in [0.2, 0.25) is 10.1 Å². The van der Waals surface area contributed by atoms with Crippen LogP contribution in [0.3, 0.4) is 0 Å². The molecule has 0 bridgehead atoms. The first kappa shape index (κ1) is 13.5. The van der Waals surface area contributed by atoms with E-state index in [9.17, 15) is 4.79 Å². The number of hydrogen-bond donors (Lipinski definition) is 0.